The zero-order chi connectivity index (χ0) is 11.2. The molecule has 1 N–H and O–H groups in total. The summed E-state index contributed by atoms with van der Waals surface area (Å²) in [5.41, 5.74) is 1.19. The van der Waals surface area contributed by atoms with Gasteiger partial charge in [-0.05, 0) is 25.0 Å². The largest absolute Gasteiger partial charge is 0.395 e. The summed E-state index contributed by atoms with van der Waals surface area (Å²) < 4.78 is 0. The molecule has 0 unspecified atom stereocenters. The van der Waals surface area contributed by atoms with Gasteiger partial charge in [0.2, 0.25) is 0 Å². The van der Waals surface area contributed by atoms with Gasteiger partial charge in [0, 0.05) is 30.7 Å². The van der Waals surface area contributed by atoms with Gasteiger partial charge in [-0.15, -0.1) is 0 Å². The number of nitrogens with zero attached hydrogens (tertiary/aromatic N) is 2. The van der Waals surface area contributed by atoms with Crippen molar-refractivity contribution in [3.8, 4) is 0 Å². The van der Waals surface area contributed by atoms with Crippen LogP contribution in [0.25, 0.3) is 0 Å². The lowest BCUT2D eigenvalue weighted by Crippen LogP contribution is -2.38. The van der Waals surface area contributed by atoms with E-state index in [0.29, 0.717) is 6.04 Å². The minimum Gasteiger partial charge on any atom is -0.395 e. The van der Waals surface area contributed by atoms with Crippen LogP contribution in [0.5, 0.6) is 0 Å². The molecule has 1 fully saturated rings. The number of hydrogen-bond acceptors (Lipinski definition) is 3. The van der Waals surface area contributed by atoms with E-state index in [0.717, 1.165) is 6.54 Å². The molecule has 1 aromatic heterocycles. The van der Waals surface area contributed by atoms with Crippen molar-refractivity contribution in [2.24, 2.45) is 0 Å². The zero-order valence-electron chi connectivity index (χ0n) is 9.68. The molecule has 0 amide bonds. The van der Waals surface area contributed by atoms with Crippen molar-refractivity contribution in [2.75, 3.05) is 18.1 Å². The molecule has 1 saturated carbocycles. The average Bonchev–Trinajstić information content (AvgIpc) is 2.38. The standard InChI is InChI=1S/C13H20N2O/c16-11-10-15(12-4-2-1-3-5-12)13-6-8-14-9-7-13/h6-9,12,16H,1-5,10-11H2. The summed E-state index contributed by atoms with van der Waals surface area (Å²) in [4.78, 5) is 6.38. The molecule has 3 heteroatoms. The molecule has 3 nitrogen and oxygen atoms in total. The van der Waals surface area contributed by atoms with Crippen LogP contribution in [0.2, 0.25) is 0 Å². The van der Waals surface area contributed by atoms with E-state index in [4.69, 9.17) is 0 Å². The molecular formula is C13H20N2O. The predicted octanol–water partition coefficient (Wildman–Crippen LogP) is 2.21. The van der Waals surface area contributed by atoms with Gasteiger partial charge >= 0.3 is 0 Å². The molecule has 0 aliphatic heterocycles. The highest BCUT2D eigenvalue weighted by atomic mass is 16.3. The van der Waals surface area contributed by atoms with E-state index in [1.807, 2.05) is 24.5 Å². The van der Waals surface area contributed by atoms with Crippen LogP contribution in [0, 0.1) is 0 Å². The summed E-state index contributed by atoms with van der Waals surface area (Å²) in [5.74, 6) is 0. The molecule has 0 radical (unpaired) electrons. The van der Waals surface area contributed by atoms with E-state index in [2.05, 4.69) is 9.88 Å². The Hall–Kier alpha value is -1.09. The average molecular weight is 220 g/mol. The first-order valence-corrected chi connectivity index (χ1v) is 6.19. The van der Waals surface area contributed by atoms with Crippen molar-refractivity contribution in [3.63, 3.8) is 0 Å². The monoisotopic (exact) mass is 220 g/mol. The van der Waals surface area contributed by atoms with Gasteiger partial charge in [0.25, 0.3) is 0 Å². The lowest BCUT2D eigenvalue weighted by Gasteiger charge is -2.35. The zero-order valence-corrected chi connectivity index (χ0v) is 9.68. The van der Waals surface area contributed by atoms with Gasteiger partial charge in [-0.25, -0.2) is 0 Å². The number of aromatic nitrogens is 1. The topological polar surface area (TPSA) is 36.4 Å². The van der Waals surface area contributed by atoms with E-state index in [-0.39, 0.29) is 6.61 Å². The number of anilines is 1. The van der Waals surface area contributed by atoms with Crippen molar-refractivity contribution < 1.29 is 5.11 Å². The predicted molar refractivity (Wildman–Crippen MR) is 65.5 cm³/mol. The summed E-state index contributed by atoms with van der Waals surface area (Å²) >= 11 is 0. The maximum atomic E-state index is 9.17. The smallest absolute Gasteiger partial charge is 0.0606 e. The van der Waals surface area contributed by atoms with Gasteiger partial charge in [-0.3, -0.25) is 4.98 Å². The molecule has 1 heterocycles. The molecule has 0 atom stereocenters. The van der Waals surface area contributed by atoms with Gasteiger partial charge in [-0.1, -0.05) is 19.3 Å². The van der Waals surface area contributed by atoms with E-state index in [9.17, 15) is 5.11 Å². The molecule has 0 saturated heterocycles. The van der Waals surface area contributed by atoms with Crippen LogP contribution in [0.1, 0.15) is 32.1 Å². The number of pyridine rings is 1. The van der Waals surface area contributed by atoms with Gasteiger partial charge in [-0.2, -0.15) is 0 Å². The first-order valence-electron chi connectivity index (χ1n) is 6.19. The minimum atomic E-state index is 0.221. The normalized spacial score (nSPS) is 17.3. The summed E-state index contributed by atoms with van der Waals surface area (Å²) in [6.45, 7) is 0.952. The molecular weight excluding hydrogens is 200 g/mol. The second kappa shape index (κ2) is 5.85. The summed E-state index contributed by atoms with van der Waals surface area (Å²) in [7, 11) is 0. The van der Waals surface area contributed by atoms with Gasteiger partial charge < -0.3 is 10.0 Å². The third-order valence-corrected chi connectivity index (χ3v) is 3.35. The van der Waals surface area contributed by atoms with Crippen LogP contribution < -0.4 is 4.90 Å². The number of hydrogen-bond donors (Lipinski definition) is 1. The fourth-order valence-electron chi connectivity index (χ4n) is 2.56. The van der Waals surface area contributed by atoms with Crippen LogP contribution in [0.15, 0.2) is 24.5 Å². The molecule has 88 valence electrons. The third kappa shape index (κ3) is 2.73. The van der Waals surface area contributed by atoms with Crippen LogP contribution >= 0.6 is 0 Å². The first-order chi connectivity index (χ1) is 7.92. The summed E-state index contributed by atoms with van der Waals surface area (Å²) in [6, 6.07) is 4.66. The Morgan fingerprint density at radius 3 is 2.50 bits per heavy atom. The number of aliphatic hydroxyl groups excluding tert-OH is 1. The highest BCUT2D eigenvalue weighted by Gasteiger charge is 2.20. The van der Waals surface area contributed by atoms with Gasteiger partial charge in [0.05, 0.1) is 6.61 Å². The quantitative estimate of drug-likeness (QED) is 0.845. The maximum absolute atomic E-state index is 9.17. The molecule has 16 heavy (non-hydrogen) atoms. The van der Waals surface area contributed by atoms with Crippen LogP contribution in [0.4, 0.5) is 5.69 Å². The van der Waals surface area contributed by atoms with Gasteiger partial charge in [0.15, 0.2) is 0 Å². The number of aliphatic hydroxyl groups is 1. The molecule has 1 aliphatic carbocycles. The van der Waals surface area contributed by atoms with Crippen molar-refractivity contribution in [2.45, 2.75) is 38.1 Å². The van der Waals surface area contributed by atoms with Crippen molar-refractivity contribution in [3.05, 3.63) is 24.5 Å². The highest BCUT2D eigenvalue weighted by Crippen LogP contribution is 2.26. The second-order valence-corrected chi connectivity index (χ2v) is 4.41. The lowest BCUT2D eigenvalue weighted by atomic mass is 9.94. The van der Waals surface area contributed by atoms with E-state index in [1.54, 1.807) is 0 Å². The summed E-state index contributed by atoms with van der Waals surface area (Å²) in [6.07, 6.45) is 10.1. The molecule has 2 rings (SSSR count). The second-order valence-electron chi connectivity index (χ2n) is 4.41. The summed E-state index contributed by atoms with van der Waals surface area (Å²) in [5, 5.41) is 9.17. The highest BCUT2D eigenvalue weighted by molar-refractivity contribution is 5.45. The Balaban J connectivity index is 2.09. The van der Waals surface area contributed by atoms with E-state index in [1.165, 1.54) is 37.8 Å². The Morgan fingerprint density at radius 2 is 1.88 bits per heavy atom. The molecule has 0 spiro atoms. The Morgan fingerprint density at radius 1 is 1.19 bits per heavy atom. The maximum Gasteiger partial charge on any atom is 0.0606 e. The third-order valence-electron chi connectivity index (χ3n) is 3.35. The molecule has 1 aliphatic rings. The Bertz CT molecular complexity index is 296. The number of rotatable bonds is 4. The fraction of sp³-hybridized carbons (Fsp3) is 0.615. The van der Waals surface area contributed by atoms with Crippen molar-refractivity contribution >= 4 is 5.69 Å². The Labute approximate surface area is 97.1 Å². The minimum absolute atomic E-state index is 0.221. The van der Waals surface area contributed by atoms with Crippen LogP contribution in [0.3, 0.4) is 0 Å². The van der Waals surface area contributed by atoms with Gasteiger partial charge in [0.1, 0.15) is 0 Å². The molecule has 1 aromatic rings. The Kier molecular flexibility index (Phi) is 4.17. The molecule has 0 aromatic carbocycles. The van der Waals surface area contributed by atoms with Crippen molar-refractivity contribution in [1.29, 1.82) is 0 Å². The molecule has 0 bridgehead atoms. The lowest BCUT2D eigenvalue weighted by molar-refractivity contribution is 0.290. The van der Waals surface area contributed by atoms with Crippen LogP contribution in [-0.2, 0) is 0 Å². The SMILES string of the molecule is OCCN(c1ccncc1)C1CCCCC1. The van der Waals surface area contributed by atoms with Crippen LogP contribution in [-0.4, -0.2) is 29.3 Å². The fourth-order valence-corrected chi connectivity index (χ4v) is 2.56. The van der Waals surface area contributed by atoms with Crippen molar-refractivity contribution in [1.82, 2.24) is 4.98 Å². The van der Waals surface area contributed by atoms with E-state index >= 15 is 0 Å². The first kappa shape index (κ1) is 11.4. The van der Waals surface area contributed by atoms with E-state index < -0.39 is 0 Å².